The second kappa shape index (κ2) is 8.47. The van der Waals surface area contributed by atoms with Crippen molar-refractivity contribution < 1.29 is 31.8 Å². The average molecular weight is 406 g/mol. The van der Waals surface area contributed by atoms with Crippen LogP contribution in [0.2, 0.25) is 5.02 Å². The molecule has 1 amide bonds. The summed E-state index contributed by atoms with van der Waals surface area (Å²) in [7, 11) is 1.37. The van der Waals surface area contributed by atoms with E-state index in [9.17, 15) is 22.4 Å². The van der Waals surface area contributed by atoms with Crippen LogP contribution in [0.1, 0.15) is 28.4 Å². The quantitative estimate of drug-likeness (QED) is 0.700. The summed E-state index contributed by atoms with van der Waals surface area (Å²) in [5.41, 5.74) is -1.33. The van der Waals surface area contributed by atoms with Crippen molar-refractivity contribution in [2.45, 2.75) is 19.6 Å². The first-order valence-electron chi connectivity index (χ1n) is 7.81. The van der Waals surface area contributed by atoms with Crippen LogP contribution in [0.3, 0.4) is 0 Å². The third-order valence-corrected chi connectivity index (χ3v) is 3.88. The highest BCUT2D eigenvalue weighted by Gasteiger charge is 2.33. The summed E-state index contributed by atoms with van der Waals surface area (Å²) < 4.78 is 62.7. The van der Waals surface area contributed by atoms with Crippen LogP contribution in [0, 0.1) is 5.82 Å². The van der Waals surface area contributed by atoms with E-state index in [1.807, 2.05) is 0 Å². The normalized spacial score (nSPS) is 11.2. The van der Waals surface area contributed by atoms with Crippen molar-refractivity contribution in [3.05, 3.63) is 57.9 Å². The van der Waals surface area contributed by atoms with Gasteiger partial charge in [-0.3, -0.25) is 4.79 Å². The van der Waals surface area contributed by atoms with Gasteiger partial charge in [-0.05, 0) is 36.8 Å². The Morgan fingerprint density at radius 1 is 1.22 bits per heavy atom. The molecule has 2 aromatic carbocycles. The largest absolute Gasteiger partial charge is 0.493 e. The molecule has 27 heavy (non-hydrogen) atoms. The molecule has 0 unspecified atom stereocenters. The van der Waals surface area contributed by atoms with Gasteiger partial charge in [0.1, 0.15) is 5.82 Å². The molecule has 1 N–H and O–H groups in total. The summed E-state index contributed by atoms with van der Waals surface area (Å²) >= 11 is 6.08. The SMILES string of the molecule is CCOc1c(Cl)cc(C(=O)NCc2ccc(F)cc2C(F)(F)F)cc1OC. The second-order valence-electron chi connectivity index (χ2n) is 5.40. The van der Waals surface area contributed by atoms with E-state index in [2.05, 4.69) is 5.32 Å². The van der Waals surface area contributed by atoms with Crippen molar-refractivity contribution in [3.8, 4) is 11.5 Å². The summed E-state index contributed by atoms with van der Waals surface area (Å²) in [5.74, 6) is -1.21. The van der Waals surface area contributed by atoms with Crippen molar-refractivity contribution in [3.63, 3.8) is 0 Å². The van der Waals surface area contributed by atoms with E-state index in [0.717, 1.165) is 12.1 Å². The van der Waals surface area contributed by atoms with E-state index < -0.39 is 30.0 Å². The lowest BCUT2D eigenvalue weighted by Crippen LogP contribution is -2.24. The van der Waals surface area contributed by atoms with Gasteiger partial charge in [0.15, 0.2) is 11.5 Å². The van der Waals surface area contributed by atoms with Gasteiger partial charge in [0, 0.05) is 12.1 Å². The molecule has 0 saturated carbocycles. The topological polar surface area (TPSA) is 47.6 Å². The number of hydrogen-bond acceptors (Lipinski definition) is 3. The number of ether oxygens (including phenoxy) is 2. The molecule has 4 nitrogen and oxygen atoms in total. The summed E-state index contributed by atoms with van der Waals surface area (Å²) in [5, 5.41) is 2.48. The highest BCUT2D eigenvalue weighted by Crippen LogP contribution is 2.36. The highest BCUT2D eigenvalue weighted by molar-refractivity contribution is 6.32. The molecule has 0 saturated heterocycles. The number of nitrogens with one attached hydrogen (secondary N) is 1. The summed E-state index contributed by atoms with van der Waals surface area (Å²) in [6, 6.07) is 4.94. The van der Waals surface area contributed by atoms with E-state index in [4.69, 9.17) is 21.1 Å². The molecule has 0 heterocycles. The van der Waals surface area contributed by atoms with Gasteiger partial charge in [0.05, 0.1) is 24.3 Å². The number of rotatable bonds is 6. The molecule has 2 rings (SSSR count). The van der Waals surface area contributed by atoms with Crippen LogP contribution in [0.5, 0.6) is 11.5 Å². The smallest absolute Gasteiger partial charge is 0.416 e. The fourth-order valence-electron chi connectivity index (χ4n) is 2.38. The van der Waals surface area contributed by atoms with E-state index in [1.54, 1.807) is 6.92 Å². The van der Waals surface area contributed by atoms with Gasteiger partial charge in [-0.15, -0.1) is 0 Å². The van der Waals surface area contributed by atoms with Gasteiger partial charge < -0.3 is 14.8 Å². The fraction of sp³-hybridized carbons (Fsp3) is 0.278. The van der Waals surface area contributed by atoms with Crippen LogP contribution in [-0.2, 0) is 12.7 Å². The molecular formula is C18H16ClF4NO3. The monoisotopic (exact) mass is 405 g/mol. The average Bonchev–Trinajstić information content (AvgIpc) is 2.61. The van der Waals surface area contributed by atoms with Crippen molar-refractivity contribution >= 4 is 17.5 Å². The van der Waals surface area contributed by atoms with Gasteiger partial charge in [-0.1, -0.05) is 17.7 Å². The molecule has 2 aromatic rings. The molecule has 146 valence electrons. The second-order valence-corrected chi connectivity index (χ2v) is 5.81. The minimum atomic E-state index is -4.74. The highest BCUT2D eigenvalue weighted by atomic mass is 35.5. The molecule has 0 radical (unpaired) electrons. The van der Waals surface area contributed by atoms with Crippen molar-refractivity contribution in [2.75, 3.05) is 13.7 Å². The van der Waals surface area contributed by atoms with E-state index in [1.165, 1.54) is 19.2 Å². The van der Waals surface area contributed by atoms with Gasteiger partial charge in [-0.25, -0.2) is 4.39 Å². The maximum absolute atomic E-state index is 13.1. The lowest BCUT2D eigenvalue weighted by atomic mass is 10.1. The number of carbonyl (C=O) groups is 1. The van der Waals surface area contributed by atoms with Crippen LogP contribution in [0.15, 0.2) is 30.3 Å². The van der Waals surface area contributed by atoms with Crippen LogP contribution >= 0.6 is 11.6 Å². The molecule has 9 heteroatoms. The van der Waals surface area contributed by atoms with Crippen LogP contribution in [0.4, 0.5) is 17.6 Å². The number of alkyl halides is 3. The zero-order valence-corrected chi connectivity index (χ0v) is 15.2. The summed E-state index contributed by atoms with van der Waals surface area (Å²) in [4.78, 5) is 12.3. The lowest BCUT2D eigenvalue weighted by Gasteiger charge is -2.15. The first kappa shape index (κ1) is 20.8. The van der Waals surface area contributed by atoms with Crippen molar-refractivity contribution in [2.24, 2.45) is 0 Å². The van der Waals surface area contributed by atoms with Crippen molar-refractivity contribution in [1.29, 1.82) is 0 Å². The Kier molecular flexibility index (Phi) is 6.54. The number of amides is 1. The van der Waals surface area contributed by atoms with Gasteiger partial charge in [-0.2, -0.15) is 13.2 Å². The van der Waals surface area contributed by atoms with E-state index >= 15 is 0 Å². The fourth-order valence-corrected chi connectivity index (χ4v) is 2.64. The number of halogens is 5. The van der Waals surface area contributed by atoms with Crippen LogP contribution in [-0.4, -0.2) is 19.6 Å². The number of benzene rings is 2. The molecule has 0 spiro atoms. The maximum atomic E-state index is 13.1. The Bertz CT molecular complexity index is 840. The molecule has 0 aromatic heterocycles. The van der Waals surface area contributed by atoms with Gasteiger partial charge in [0.25, 0.3) is 5.91 Å². The van der Waals surface area contributed by atoms with Crippen LogP contribution in [0.25, 0.3) is 0 Å². The Labute approximate surface area is 158 Å². The minimum absolute atomic E-state index is 0.0796. The Hall–Kier alpha value is -2.48. The summed E-state index contributed by atoms with van der Waals surface area (Å²) in [6.45, 7) is 1.63. The predicted octanol–water partition coefficient (Wildman–Crippen LogP) is 4.84. The first-order valence-corrected chi connectivity index (χ1v) is 8.19. The van der Waals surface area contributed by atoms with Gasteiger partial charge in [0.2, 0.25) is 0 Å². The van der Waals surface area contributed by atoms with E-state index in [-0.39, 0.29) is 27.6 Å². The maximum Gasteiger partial charge on any atom is 0.416 e. The molecule has 0 atom stereocenters. The van der Waals surface area contributed by atoms with Crippen molar-refractivity contribution in [1.82, 2.24) is 5.32 Å². The Balaban J connectivity index is 2.23. The number of methoxy groups -OCH3 is 1. The summed E-state index contributed by atoms with van der Waals surface area (Å²) in [6.07, 6.45) is -4.74. The number of carbonyl (C=O) groups excluding carboxylic acids is 1. The molecule has 0 fully saturated rings. The molecule has 0 aliphatic heterocycles. The molecule has 0 bridgehead atoms. The molecule has 0 aliphatic rings. The third-order valence-electron chi connectivity index (χ3n) is 3.60. The Morgan fingerprint density at radius 2 is 1.93 bits per heavy atom. The molecular weight excluding hydrogens is 390 g/mol. The third kappa shape index (κ3) is 5.03. The number of hydrogen-bond donors (Lipinski definition) is 1. The minimum Gasteiger partial charge on any atom is -0.493 e. The van der Waals surface area contributed by atoms with Crippen LogP contribution < -0.4 is 14.8 Å². The van der Waals surface area contributed by atoms with E-state index in [0.29, 0.717) is 12.7 Å². The zero-order valence-electron chi connectivity index (χ0n) is 14.4. The zero-order chi connectivity index (χ0) is 20.2. The molecule has 0 aliphatic carbocycles. The predicted molar refractivity (Wildman–Crippen MR) is 91.7 cm³/mol. The lowest BCUT2D eigenvalue weighted by molar-refractivity contribution is -0.138. The standard InChI is InChI=1S/C18H16ClF4NO3/c1-3-27-16-14(19)6-11(7-15(16)26-2)17(25)24-9-10-4-5-12(20)8-13(10)18(21,22)23/h4-8H,3,9H2,1-2H3,(H,24,25). The first-order chi connectivity index (χ1) is 12.7. The Morgan fingerprint density at radius 3 is 2.52 bits per heavy atom. The van der Waals surface area contributed by atoms with Gasteiger partial charge >= 0.3 is 6.18 Å².